The van der Waals surface area contributed by atoms with Gasteiger partial charge in [-0.2, -0.15) is 0 Å². The molecule has 286 valence electrons. The van der Waals surface area contributed by atoms with Crippen molar-refractivity contribution < 1.29 is 4.42 Å². The van der Waals surface area contributed by atoms with E-state index in [1.807, 2.05) is 11.3 Å². The third-order valence-electron chi connectivity index (χ3n) is 12.4. The second-order valence-electron chi connectivity index (χ2n) is 16.0. The first-order chi connectivity index (χ1) is 29.2. The van der Waals surface area contributed by atoms with E-state index in [2.05, 4.69) is 182 Å². The van der Waals surface area contributed by atoms with E-state index in [0.717, 1.165) is 76.6 Å². The Morgan fingerprint density at radius 1 is 0.644 bits per heavy atom. The van der Waals surface area contributed by atoms with Crippen molar-refractivity contribution in [2.75, 3.05) is 0 Å². The number of nitrogens with one attached hydrogen (secondary N) is 1. The van der Waals surface area contributed by atoms with Gasteiger partial charge >= 0.3 is 0 Å². The summed E-state index contributed by atoms with van der Waals surface area (Å²) in [6, 6.07) is 48.4. The lowest BCUT2D eigenvalue weighted by Gasteiger charge is -2.25. The number of furan rings is 1. The smallest absolute Gasteiger partial charge is 0.144 e. The molecule has 2 aromatic heterocycles. The van der Waals surface area contributed by atoms with Crippen molar-refractivity contribution in [3.63, 3.8) is 0 Å². The molecule has 6 aromatic carbocycles. The molecule has 0 bridgehead atoms. The summed E-state index contributed by atoms with van der Waals surface area (Å²) in [4.78, 5) is 5.51. The van der Waals surface area contributed by atoms with Gasteiger partial charge in [0.15, 0.2) is 0 Å². The van der Waals surface area contributed by atoms with Crippen molar-refractivity contribution in [1.29, 1.82) is 0 Å². The third kappa shape index (κ3) is 6.58. The molecular formula is C55H44N2OS. The number of aliphatic imine (C=N–C) groups is 1. The van der Waals surface area contributed by atoms with Crippen molar-refractivity contribution >= 4 is 64.9 Å². The van der Waals surface area contributed by atoms with Crippen LogP contribution in [0, 0.1) is 5.92 Å². The van der Waals surface area contributed by atoms with Gasteiger partial charge in [0.05, 0.1) is 0 Å². The molecule has 3 aliphatic rings. The summed E-state index contributed by atoms with van der Waals surface area (Å²) in [5.41, 5.74) is 15.2. The van der Waals surface area contributed by atoms with Crippen LogP contribution in [0.3, 0.4) is 0 Å². The van der Waals surface area contributed by atoms with Crippen LogP contribution >= 0.6 is 11.3 Å². The standard InChI is InChI=1S/C55H44N2OS/c1-2-35-33-48(39-17-10-5-11-18-39)56-55(40-23-21-38(22-24-40)36-13-6-3-7-14-36)57-54(35)45-19-12-20-49-53(45)44-28-25-43(34-50(44)58-49)42-27-30-52-47(32-42)46-31-41(26-29-51(46)59-52)37-15-8-4-9-16-37/h4-6,8-21,23-32,34,38,55,57H,2-3,7,22,33H2,1H3. The van der Waals surface area contributed by atoms with Gasteiger partial charge in [0.2, 0.25) is 0 Å². The molecule has 2 unspecified atom stereocenters. The highest BCUT2D eigenvalue weighted by Gasteiger charge is 2.26. The van der Waals surface area contributed by atoms with Crippen molar-refractivity contribution in [3.8, 4) is 22.3 Å². The van der Waals surface area contributed by atoms with Gasteiger partial charge in [-0.3, -0.25) is 4.99 Å². The van der Waals surface area contributed by atoms with Crippen LogP contribution in [0.5, 0.6) is 0 Å². The van der Waals surface area contributed by atoms with Crippen LogP contribution in [0.4, 0.5) is 0 Å². The molecule has 1 aliphatic heterocycles. The lowest BCUT2D eigenvalue weighted by atomic mass is 9.86. The van der Waals surface area contributed by atoms with Gasteiger partial charge in [-0.15, -0.1) is 11.3 Å². The predicted molar refractivity (Wildman–Crippen MR) is 251 cm³/mol. The van der Waals surface area contributed by atoms with E-state index in [4.69, 9.17) is 9.41 Å². The number of hydrogen-bond donors (Lipinski definition) is 1. The Kier molecular flexibility index (Phi) is 9.08. The van der Waals surface area contributed by atoms with Crippen molar-refractivity contribution in [2.24, 2.45) is 10.9 Å². The number of thiophene rings is 1. The maximum Gasteiger partial charge on any atom is 0.144 e. The summed E-state index contributed by atoms with van der Waals surface area (Å²) in [5.74, 6) is 0.412. The molecule has 2 aliphatic carbocycles. The fourth-order valence-electron chi connectivity index (χ4n) is 9.27. The molecule has 0 spiro atoms. The van der Waals surface area contributed by atoms with Crippen LogP contribution in [0.2, 0.25) is 0 Å². The van der Waals surface area contributed by atoms with Crippen molar-refractivity contribution in [1.82, 2.24) is 5.32 Å². The molecule has 0 saturated heterocycles. The fraction of sp³-hybridized carbons (Fsp3) is 0.145. The highest BCUT2D eigenvalue weighted by molar-refractivity contribution is 7.25. The minimum absolute atomic E-state index is 0.218. The van der Waals surface area contributed by atoms with Crippen LogP contribution in [0.1, 0.15) is 50.2 Å². The van der Waals surface area contributed by atoms with Gasteiger partial charge in [-0.05, 0) is 113 Å². The van der Waals surface area contributed by atoms with E-state index < -0.39 is 0 Å². The van der Waals surface area contributed by atoms with Gasteiger partial charge < -0.3 is 9.73 Å². The average molecular weight is 781 g/mol. The summed E-state index contributed by atoms with van der Waals surface area (Å²) in [6.45, 7) is 2.27. The van der Waals surface area contributed by atoms with Crippen LogP contribution in [0.15, 0.2) is 196 Å². The topological polar surface area (TPSA) is 37.5 Å². The SMILES string of the molecule is CCC1=C(c2cccc3oc4cc(-c5ccc6sc7ccc(-c8ccccc8)cc7c6c5)ccc4c23)NC(C2=CCC(C3=CCCC=C3)C=C2)N=C(c2ccccc2)C1. The third-order valence-corrected chi connectivity index (χ3v) is 13.6. The van der Waals surface area contributed by atoms with E-state index in [1.165, 1.54) is 59.1 Å². The Bertz CT molecular complexity index is 3120. The van der Waals surface area contributed by atoms with Crippen LogP contribution < -0.4 is 5.32 Å². The maximum atomic E-state index is 6.75. The minimum Gasteiger partial charge on any atom is -0.456 e. The molecule has 0 fully saturated rings. The Hall–Kier alpha value is -6.49. The molecule has 0 amide bonds. The lowest BCUT2D eigenvalue weighted by molar-refractivity contribution is 0.669. The molecular weight excluding hydrogens is 737 g/mol. The number of hydrogen-bond acceptors (Lipinski definition) is 4. The van der Waals surface area contributed by atoms with Crippen molar-refractivity contribution in [2.45, 2.75) is 45.2 Å². The molecule has 1 N–H and O–H groups in total. The number of benzene rings is 6. The maximum absolute atomic E-state index is 6.75. The first-order valence-electron chi connectivity index (χ1n) is 21.0. The molecule has 11 rings (SSSR count). The van der Waals surface area contributed by atoms with Gasteiger partial charge in [0, 0.05) is 60.3 Å². The number of nitrogens with zero attached hydrogens (tertiary/aromatic N) is 1. The molecule has 3 heterocycles. The monoisotopic (exact) mass is 780 g/mol. The fourth-order valence-corrected chi connectivity index (χ4v) is 10.3. The van der Waals surface area contributed by atoms with E-state index in [9.17, 15) is 0 Å². The molecule has 0 saturated carbocycles. The zero-order valence-corrected chi connectivity index (χ0v) is 33.9. The number of allylic oxidation sites excluding steroid dienone is 7. The first kappa shape index (κ1) is 35.7. The predicted octanol–water partition coefficient (Wildman–Crippen LogP) is 15.0. The second-order valence-corrected chi connectivity index (χ2v) is 17.1. The molecule has 59 heavy (non-hydrogen) atoms. The number of fused-ring (bicyclic) bond motifs is 6. The van der Waals surface area contributed by atoms with Crippen LogP contribution in [0.25, 0.3) is 70.1 Å². The van der Waals surface area contributed by atoms with Crippen LogP contribution in [-0.2, 0) is 0 Å². The Labute approximate surface area is 349 Å². The Balaban J connectivity index is 0.982. The second kappa shape index (κ2) is 15.0. The van der Waals surface area contributed by atoms with Gasteiger partial charge in [-0.25, -0.2) is 0 Å². The van der Waals surface area contributed by atoms with Crippen molar-refractivity contribution in [3.05, 3.63) is 198 Å². The first-order valence-corrected chi connectivity index (χ1v) is 21.8. The zero-order chi connectivity index (χ0) is 39.3. The van der Waals surface area contributed by atoms with E-state index in [0.29, 0.717) is 5.92 Å². The summed E-state index contributed by atoms with van der Waals surface area (Å²) >= 11 is 1.86. The van der Waals surface area contributed by atoms with Crippen LogP contribution in [-0.4, -0.2) is 11.9 Å². The largest absolute Gasteiger partial charge is 0.456 e. The van der Waals surface area contributed by atoms with Gasteiger partial charge in [-0.1, -0.05) is 134 Å². The van der Waals surface area contributed by atoms with E-state index >= 15 is 0 Å². The lowest BCUT2D eigenvalue weighted by Crippen LogP contribution is -2.29. The minimum atomic E-state index is -0.218. The summed E-state index contributed by atoms with van der Waals surface area (Å²) in [7, 11) is 0. The quantitative estimate of drug-likeness (QED) is 0.175. The molecule has 8 aromatic rings. The molecule has 4 heteroatoms. The Morgan fingerprint density at radius 2 is 1.37 bits per heavy atom. The van der Waals surface area contributed by atoms with E-state index in [-0.39, 0.29) is 6.17 Å². The molecule has 3 nitrogen and oxygen atoms in total. The molecule has 0 radical (unpaired) electrons. The van der Waals surface area contributed by atoms with Gasteiger partial charge in [0.25, 0.3) is 0 Å². The number of rotatable bonds is 7. The normalized spacial score (nSPS) is 18.3. The van der Waals surface area contributed by atoms with Gasteiger partial charge in [0.1, 0.15) is 17.3 Å². The van der Waals surface area contributed by atoms with E-state index in [1.54, 1.807) is 0 Å². The zero-order valence-electron chi connectivity index (χ0n) is 33.1. The molecule has 2 atom stereocenters. The summed E-state index contributed by atoms with van der Waals surface area (Å²) in [6.07, 6.45) is 18.8. The summed E-state index contributed by atoms with van der Waals surface area (Å²) < 4.78 is 9.36. The highest BCUT2D eigenvalue weighted by atomic mass is 32.1. The average Bonchev–Trinajstić information content (AvgIpc) is 3.80. The highest BCUT2D eigenvalue weighted by Crippen LogP contribution is 2.42. The Morgan fingerprint density at radius 3 is 2.08 bits per heavy atom. The summed E-state index contributed by atoms with van der Waals surface area (Å²) in [5, 5.41) is 8.88.